The van der Waals surface area contributed by atoms with Crippen LogP contribution >= 0.6 is 46.6 Å². The first-order valence-electron chi connectivity index (χ1n) is 10.3. The standard InChI is InChI=1S/C22H25Cl3N2O3S2/c23-19-6-5-18(21(25)13-19)15-32(29,30)27-10-7-16(8-11-27)22(28)26-9-12-31-14-17-3-1-2-4-20(17)24/h1-6,13,16H,7-12,14-15H2,(H,26,28). The Kier molecular flexibility index (Phi) is 9.58. The Morgan fingerprint density at radius 1 is 1.03 bits per heavy atom. The van der Waals surface area contributed by atoms with Crippen molar-refractivity contribution in [2.75, 3.05) is 25.4 Å². The minimum Gasteiger partial charge on any atom is -0.355 e. The van der Waals surface area contributed by atoms with Crippen molar-refractivity contribution in [3.63, 3.8) is 0 Å². The fourth-order valence-corrected chi connectivity index (χ4v) is 6.80. The number of hydrogen-bond acceptors (Lipinski definition) is 4. The number of halogens is 3. The third-order valence-electron chi connectivity index (χ3n) is 5.33. The fraction of sp³-hybridized carbons (Fsp3) is 0.409. The van der Waals surface area contributed by atoms with Gasteiger partial charge in [-0.15, -0.1) is 0 Å². The minimum atomic E-state index is -3.52. The van der Waals surface area contributed by atoms with E-state index in [1.165, 1.54) is 10.4 Å². The summed E-state index contributed by atoms with van der Waals surface area (Å²) in [6.45, 7) is 1.22. The highest BCUT2D eigenvalue weighted by Gasteiger charge is 2.31. The van der Waals surface area contributed by atoms with Crippen LogP contribution < -0.4 is 5.32 Å². The Balaban J connectivity index is 1.39. The molecule has 10 heteroatoms. The van der Waals surface area contributed by atoms with E-state index in [4.69, 9.17) is 34.8 Å². The summed E-state index contributed by atoms with van der Waals surface area (Å²) in [5, 5.41) is 4.52. The third kappa shape index (κ3) is 7.27. The molecule has 0 spiro atoms. The number of rotatable bonds is 9. The van der Waals surface area contributed by atoms with E-state index in [0.717, 1.165) is 22.1 Å². The predicted molar refractivity (Wildman–Crippen MR) is 134 cm³/mol. The zero-order valence-corrected chi connectivity index (χ0v) is 21.3. The second kappa shape index (κ2) is 12.0. The second-order valence-corrected chi connectivity index (χ2v) is 11.9. The van der Waals surface area contributed by atoms with Crippen molar-refractivity contribution in [3.8, 4) is 0 Å². The molecule has 0 aliphatic carbocycles. The zero-order valence-electron chi connectivity index (χ0n) is 17.4. The van der Waals surface area contributed by atoms with Crippen molar-refractivity contribution in [2.24, 2.45) is 5.92 Å². The van der Waals surface area contributed by atoms with Gasteiger partial charge in [-0.1, -0.05) is 59.1 Å². The van der Waals surface area contributed by atoms with Gasteiger partial charge in [0.2, 0.25) is 15.9 Å². The van der Waals surface area contributed by atoms with E-state index in [-0.39, 0.29) is 17.6 Å². The van der Waals surface area contributed by atoms with Gasteiger partial charge in [0, 0.05) is 52.1 Å². The Morgan fingerprint density at radius 3 is 2.44 bits per heavy atom. The molecule has 0 aromatic heterocycles. The molecule has 1 aliphatic heterocycles. The summed E-state index contributed by atoms with van der Waals surface area (Å²) >= 11 is 19.9. The van der Waals surface area contributed by atoms with Crippen LogP contribution in [0.2, 0.25) is 15.1 Å². The lowest BCUT2D eigenvalue weighted by molar-refractivity contribution is -0.125. The Labute approximate surface area is 208 Å². The number of hydrogen-bond donors (Lipinski definition) is 1. The molecule has 1 aliphatic rings. The maximum Gasteiger partial charge on any atom is 0.223 e. The van der Waals surface area contributed by atoms with Crippen LogP contribution in [0.15, 0.2) is 42.5 Å². The molecule has 1 N–H and O–H groups in total. The first kappa shape index (κ1) is 25.7. The average molecular weight is 536 g/mol. The van der Waals surface area contributed by atoms with Crippen LogP contribution in [0.5, 0.6) is 0 Å². The topological polar surface area (TPSA) is 66.5 Å². The maximum absolute atomic E-state index is 12.8. The molecule has 2 aromatic rings. The Hall–Kier alpha value is -0.960. The molecule has 0 bridgehead atoms. The number of carbonyl (C=O) groups is 1. The summed E-state index contributed by atoms with van der Waals surface area (Å²) in [6.07, 6.45) is 1.01. The Morgan fingerprint density at radius 2 is 1.75 bits per heavy atom. The third-order valence-corrected chi connectivity index (χ3v) is 9.12. The quantitative estimate of drug-likeness (QED) is 0.446. The van der Waals surface area contributed by atoms with Gasteiger partial charge in [0.25, 0.3) is 0 Å². The van der Waals surface area contributed by atoms with Gasteiger partial charge in [-0.3, -0.25) is 4.79 Å². The largest absolute Gasteiger partial charge is 0.355 e. The molecule has 5 nitrogen and oxygen atoms in total. The number of carbonyl (C=O) groups excluding carboxylic acids is 1. The van der Waals surface area contributed by atoms with Crippen molar-refractivity contribution in [2.45, 2.75) is 24.3 Å². The van der Waals surface area contributed by atoms with Crippen molar-refractivity contribution in [3.05, 3.63) is 68.7 Å². The molecule has 174 valence electrons. The van der Waals surface area contributed by atoms with Gasteiger partial charge in [0.15, 0.2) is 0 Å². The number of sulfonamides is 1. The summed E-state index contributed by atoms with van der Waals surface area (Å²) in [6, 6.07) is 12.5. The first-order valence-corrected chi connectivity index (χ1v) is 14.2. The summed E-state index contributed by atoms with van der Waals surface area (Å²) < 4.78 is 27.0. The first-order chi connectivity index (χ1) is 15.3. The summed E-state index contributed by atoms with van der Waals surface area (Å²) in [5.41, 5.74) is 1.60. The highest BCUT2D eigenvalue weighted by Crippen LogP contribution is 2.26. The zero-order chi connectivity index (χ0) is 23.1. The van der Waals surface area contributed by atoms with Gasteiger partial charge in [0.1, 0.15) is 0 Å². The van der Waals surface area contributed by atoms with E-state index in [2.05, 4.69) is 5.32 Å². The van der Waals surface area contributed by atoms with E-state index in [1.807, 2.05) is 24.3 Å². The second-order valence-electron chi connectivity index (χ2n) is 7.60. The van der Waals surface area contributed by atoms with E-state index in [9.17, 15) is 13.2 Å². The van der Waals surface area contributed by atoms with Crippen LogP contribution in [0.1, 0.15) is 24.0 Å². The van der Waals surface area contributed by atoms with Crippen LogP contribution in [-0.4, -0.2) is 44.0 Å². The van der Waals surface area contributed by atoms with E-state index < -0.39 is 10.0 Å². The van der Waals surface area contributed by atoms with Crippen LogP contribution in [0.3, 0.4) is 0 Å². The lowest BCUT2D eigenvalue weighted by Crippen LogP contribution is -2.43. The molecule has 1 saturated heterocycles. The summed E-state index contributed by atoms with van der Waals surface area (Å²) in [5.74, 6) is 1.22. The molecular formula is C22H25Cl3N2O3S2. The molecule has 0 radical (unpaired) electrons. The number of benzene rings is 2. The minimum absolute atomic E-state index is 0.0128. The van der Waals surface area contributed by atoms with Gasteiger partial charge in [0.05, 0.1) is 5.75 Å². The van der Waals surface area contributed by atoms with Crippen LogP contribution in [0.25, 0.3) is 0 Å². The van der Waals surface area contributed by atoms with Crippen LogP contribution in [0, 0.1) is 5.92 Å². The highest BCUT2D eigenvalue weighted by atomic mass is 35.5. The molecule has 1 fully saturated rings. The molecule has 32 heavy (non-hydrogen) atoms. The molecule has 0 saturated carbocycles. The van der Waals surface area contributed by atoms with E-state index in [1.54, 1.807) is 23.9 Å². The molecule has 1 amide bonds. The fourth-order valence-electron chi connectivity index (χ4n) is 3.51. The lowest BCUT2D eigenvalue weighted by Gasteiger charge is -2.30. The number of nitrogens with one attached hydrogen (secondary N) is 1. The molecule has 0 atom stereocenters. The normalized spacial score (nSPS) is 15.6. The van der Waals surface area contributed by atoms with E-state index >= 15 is 0 Å². The van der Waals surface area contributed by atoms with Gasteiger partial charge >= 0.3 is 0 Å². The predicted octanol–water partition coefficient (Wildman–Crippen LogP) is 5.24. The van der Waals surface area contributed by atoms with Crippen molar-refractivity contribution in [1.82, 2.24) is 9.62 Å². The van der Waals surface area contributed by atoms with Gasteiger partial charge in [-0.05, 0) is 42.2 Å². The summed E-state index contributed by atoms with van der Waals surface area (Å²) in [7, 11) is -3.52. The van der Waals surface area contributed by atoms with Crippen molar-refractivity contribution >= 4 is 62.5 Å². The smallest absolute Gasteiger partial charge is 0.223 e. The lowest BCUT2D eigenvalue weighted by atomic mass is 9.97. The molecule has 0 unspecified atom stereocenters. The monoisotopic (exact) mass is 534 g/mol. The van der Waals surface area contributed by atoms with Gasteiger partial charge in [-0.25, -0.2) is 12.7 Å². The number of nitrogens with zero attached hydrogens (tertiary/aromatic N) is 1. The Bertz CT molecular complexity index is 1040. The number of thioether (sulfide) groups is 1. The SMILES string of the molecule is O=C(NCCSCc1ccccc1Cl)C1CCN(S(=O)(=O)Cc2ccc(Cl)cc2Cl)CC1. The molecule has 3 rings (SSSR count). The molecule has 2 aromatic carbocycles. The van der Waals surface area contributed by atoms with Gasteiger partial charge < -0.3 is 5.32 Å². The van der Waals surface area contributed by atoms with Crippen LogP contribution in [0.4, 0.5) is 0 Å². The molecular weight excluding hydrogens is 511 g/mol. The number of piperidine rings is 1. The average Bonchev–Trinajstić information content (AvgIpc) is 2.76. The van der Waals surface area contributed by atoms with Crippen LogP contribution in [-0.2, 0) is 26.3 Å². The maximum atomic E-state index is 12.8. The highest BCUT2D eigenvalue weighted by molar-refractivity contribution is 7.98. The number of amides is 1. The summed E-state index contributed by atoms with van der Waals surface area (Å²) in [4.78, 5) is 12.5. The molecule has 1 heterocycles. The van der Waals surface area contributed by atoms with Gasteiger partial charge in [-0.2, -0.15) is 11.8 Å². The van der Waals surface area contributed by atoms with E-state index in [0.29, 0.717) is 48.1 Å². The van der Waals surface area contributed by atoms with Crippen molar-refractivity contribution < 1.29 is 13.2 Å². The van der Waals surface area contributed by atoms with Crippen molar-refractivity contribution in [1.29, 1.82) is 0 Å².